The summed E-state index contributed by atoms with van der Waals surface area (Å²) in [6.07, 6.45) is 4.49. The normalized spacial score (nSPS) is 37.3. The maximum Gasteiger partial charge on any atom is 0.316 e. The molecule has 0 N–H and O–H groups in total. The number of ether oxygens (including phenoxy) is 3. The number of cyclic esters (lactones) is 1. The molecule has 5 heteroatoms. The monoisotopic (exact) mass is 303 g/mol. The lowest BCUT2D eigenvalue weighted by molar-refractivity contribution is -0.145. The highest BCUT2D eigenvalue weighted by Gasteiger charge is 2.54. The lowest BCUT2D eigenvalue weighted by Gasteiger charge is -2.36. The standard InChI is InChI=1S/C17H21NO4/c1-11-12(14-10-21-16(2,3)22-14)5-7-17(6-4-8-18)13(11)9-20-15(17)19/h4,6,13-14H,5,7,9-10H2,1-3H3/b6-4+/t13-,14+,17+/m1/s1. The third kappa shape index (κ3) is 2.27. The summed E-state index contributed by atoms with van der Waals surface area (Å²) < 4.78 is 17.0. The SMILES string of the molecule is CC1=C([C@@H]2COC(C)(C)O2)CC[C@]2(/C=C/C#N)C(=O)OC[C@H]12. The fraction of sp³-hybridized carbons (Fsp3) is 0.647. The van der Waals surface area contributed by atoms with E-state index in [9.17, 15) is 4.79 Å². The van der Waals surface area contributed by atoms with Gasteiger partial charge in [0.05, 0.1) is 24.7 Å². The van der Waals surface area contributed by atoms with Crippen LogP contribution in [0.5, 0.6) is 0 Å². The number of fused-ring (bicyclic) bond motifs is 1. The molecule has 2 fully saturated rings. The van der Waals surface area contributed by atoms with Gasteiger partial charge in [-0.3, -0.25) is 4.79 Å². The quantitative estimate of drug-likeness (QED) is 0.445. The van der Waals surface area contributed by atoms with Gasteiger partial charge in [0.2, 0.25) is 0 Å². The third-order valence-electron chi connectivity index (χ3n) is 5.07. The number of nitrogens with zero attached hydrogens (tertiary/aromatic N) is 1. The Kier molecular flexibility index (Phi) is 3.62. The highest BCUT2D eigenvalue weighted by Crippen LogP contribution is 2.51. The zero-order valence-corrected chi connectivity index (χ0v) is 13.2. The van der Waals surface area contributed by atoms with Gasteiger partial charge < -0.3 is 14.2 Å². The minimum absolute atomic E-state index is 0.0133. The highest BCUT2D eigenvalue weighted by molar-refractivity contribution is 5.83. The topological polar surface area (TPSA) is 68.5 Å². The predicted octanol–water partition coefficient (Wildman–Crippen LogP) is 2.49. The number of hydrogen-bond acceptors (Lipinski definition) is 5. The number of rotatable bonds is 2. The lowest BCUT2D eigenvalue weighted by atomic mass is 9.65. The average Bonchev–Trinajstić information content (AvgIpc) is 2.99. The van der Waals surface area contributed by atoms with Crippen LogP contribution in [-0.2, 0) is 19.0 Å². The number of carbonyl (C=O) groups is 1. The van der Waals surface area contributed by atoms with Crippen LogP contribution in [0, 0.1) is 22.7 Å². The van der Waals surface area contributed by atoms with Gasteiger partial charge in [-0.2, -0.15) is 5.26 Å². The van der Waals surface area contributed by atoms with Crippen molar-refractivity contribution in [3.63, 3.8) is 0 Å². The average molecular weight is 303 g/mol. The lowest BCUT2D eigenvalue weighted by Crippen LogP contribution is -2.37. The Morgan fingerprint density at radius 1 is 1.36 bits per heavy atom. The minimum atomic E-state index is -0.682. The van der Waals surface area contributed by atoms with Crippen LogP contribution in [-0.4, -0.2) is 31.1 Å². The molecule has 0 aromatic heterocycles. The molecule has 22 heavy (non-hydrogen) atoms. The molecule has 2 heterocycles. The molecular formula is C17H21NO4. The second-order valence-corrected chi connectivity index (χ2v) is 6.68. The molecule has 3 atom stereocenters. The van der Waals surface area contributed by atoms with E-state index >= 15 is 0 Å². The van der Waals surface area contributed by atoms with Crippen molar-refractivity contribution in [2.45, 2.75) is 45.5 Å². The summed E-state index contributed by atoms with van der Waals surface area (Å²) in [5.41, 5.74) is 1.68. The summed E-state index contributed by atoms with van der Waals surface area (Å²) in [7, 11) is 0. The Balaban J connectivity index is 1.93. The summed E-state index contributed by atoms with van der Waals surface area (Å²) >= 11 is 0. The maximum absolute atomic E-state index is 12.3. The van der Waals surface area contributed by atoms with Gasteiger partial charge in [-0.05, 0) is 39.2 Å². The van der Waals surface area contributed by atoms with Crippen LogP contribution < -0.4 is 0 Å². The minimum Gasteiger partial charge on any atom is -0.464 e. The third-order valence-corrected chi connectivity index (χ3v) is 5.07. The Morgan fingerprint density at radius 3 is 2.77 bits per heavy atom. The van der Waals surface area contributed by atoms with Crippen molar-refractivity contribution < 1.29 is 19.0 Å². The molecule has 0 radical (unpaired) electrons. The van der Waals surface area contributed by atoms with Crippen molar-refractivity contribution in [1.29, 1.82) is 5.26 Å². The molecule has 5 nitrogen and oxygen atoms in total. The smallest absolute Gasteiger partial charge is 0.316 e. The first-order valence-corrected chi connectivity index (χ1v) is 7.65. The number of hydrogen-bond donors (Lipinski definition) is 0. The molecule has 0 saturated carbocycles. The summed E-state index contributed by atoms with van der Waals surface area (Å²) in [6, 6.07) is 1.99. The molecule has 0 aromatic carbocycles. The van der Waals surface area contributed by atoms with Gasteiger partial charge in [-0.1, -0.05) is 11.6 Å². The van der Waals surface area contributed by atoms with E-state index in [1.165, 1.54) is 11.6 Å². The van der Waals surface area contributed by atoms with Gasteiger partial charge in [0, 0.05) is 12.0 Å². The van der Waals surface area contributed by atoms with Gasteiger partial charge in [0.15, 0.2) is 5.79 Å². The first-order valence-electron chi connectivity index (χ1n) is 7.65. The van der Waals surface area contributed by atoms with Gasteiger partial charge in [-0.25, -0.2) is 0 Å². The van der Waals surface area contributed by atoms with E-state index in [1.54, 1.807) is 6.08 Å². The summed E-state index contributed by atoms with van der Waals surface area (Å²) in [5.74, 6) is -0.790. The van der Waals surface area contributed by atoms with E-state index in [0.717, 1.165) is 12.0 Å². The first-order chi connectivity index (χ1) is 10.4. The summed E-state index contributed by atoms with van der Waals surface area (Å²) in [6.45, 7) is 6.79. The molecular weight excluding hydrogens is 282 g/mol. The highest BCUT2D eigenvalue weighted by atomic mass is 16.7. The van der Waals surface area contributed by atoms with Crippen LogP contribution in [0.15, 0.2) is 23.3 Å². The Labute approximate surface area is 130 Å². The van der Waals surface area contributed by atoms with E-state index < -0.39 is 11.2 Å². The number of carbonyl (C=O) groups excluding carboxylic acids is 1. The van der Waals surface area contributed by atoms with Crippen molar-refractivity contribution in [3.8, 4) is 6.07 Å². The van der Waals surface area contributed by atoms with Crippen molar-refractivity contribution >= 4 is 5.97 Å². The molecule has 3 rings (SSSR count). The summed E-state index contributed by atoms with van der Waals surface area (Å²) in [4.78, 5) is 12.3. The van der Waals surface area contributed by atoms with Crippen LogP contribution in [0.2, 0.25) is 0 Å². The molecule has 2 aliphatic heterocycles. The first kappa shape index (κ1) is 15.3. The zero-order chi connectivity index (χ0) is 16.0. The molecule has 1 aliphatic carbocycles. The molecule has 0 amide bonds. The second kappa shape index (κ2) is 5.22. The van der Waals surface area contributed by atoms with Crippen LogP contribution >= 0.6 is 0 Å². The molecule has 0 aromatic rings. The predicted molar refractivity (Wildman–Crippen MR) is 78.5 cm³/mol. The van der Waals surface area contributed by atoms with Gasteiger partial charge in [-0.15, -0.1) is 0 Å². The van der Waals surface area contributed by atoms with Gasteiger partial charge >= 0.3 is 5.97 Å². The molecule has 2 saturated heterocycles. The Bertz CT molecular complexity index is 598. The second-order valence-electron chi connectivity index (χ2n) is 6.68. The number of allylic oxidation sites excluding steroid dienone is 1. The Hall–Kier alpha value is -1.64. The summed E-state index contributed by atoms with van der Waals surface area (Å²) in [5, 5.41) is 8.81. The van der Waals surface area contributed by atoms with Crippen molar-refractivity contribution in [2.75, 3.05) is 13.2 Å². The van der Waals surface area contributed by atoms with Gasteiger partial charge in [0.25, 0.3) is 0 Å². The van der Waals surface area contributed by atoms with E-state index in [1.807, 2.05) is 26.8 Å². The van der Waals surface area contributed by atoms with Crippen LogP contribution in [0.4, 0.5) is 0 Å². The molecule has 0 unspecified atom stereocenters. The molecule has 118 valence electrons. The molecule has 0 spiro atoms. The van der Waals surface area contributed by atoms with Gasteiger partial charge in [0.1, 0.15) is 6.10 Å². The fourth-order valence-corrected chi connectivity index (χ4v) is 3.86. The van der Waals surface area contributed by atoms with Crippen LogP contribution in [0.3, 0.4) is 0 Å². The number of nitriles is 1. The fourth-order valence-electron chi connectivity index (χ4n) is 3.86. The van der Waals surface area contributed by atoms with Crippen molar-refractivity contribution in [3.05, 3.63) is 23.3 Å². The van der Waals surface area contributed by atoms with Crippen molar-refractivity contribution in [1.82, 2.24) is 0 Å². The Morgan fingerprint density at radius 2 is 2.14 bits per heavy atom. The van der Waals surface area contributed by atoms with E-state index in [-0.39, 0.29) is 18.0 Å². The number of esters is 1. The maximum atomic E-state index is 12.3. The molecule has 0 bridgehead atoms. The van der Waals surface area contributed by atoms with E-state index in [4.69, 9.17) is 19.5 Å². The largest absolute Gasteiger partial charge is 0.464 e. The zero-order valence-electron chi connectivity index (χ0n) is 13.2. The van der Waals surface area contributed by atoms with E-state index in [2.05, 4.69) is 0 Å². The van der Waals surface area contributed by atoms with Crippen molar-refractivity contribution in [2.24, 2.45) is 11.3 Å². The van der Waals surface area contributed by atoms with Crippen LogP contribution in [0.1, 0.15) is 33.6 Å². The molecule has 3 aliphatic rings. The van der Waals surface area contributed by atoms with E-state index in [0.29, 0.717) is 19.6 Å². The van der Waals surface area contributed by atoms with Crippen LogP contribution in [0.25, 0.3) is 0 Å².